The van der Waals surface area contributed by atoms with Crippen LogP contribution in [0.4, 0.5) is 0 Å². The number of aromatic nitrogens is 1. The second-order valence-corrected chi connectivity index (χ2v) is 11.3. The summed E-state index contributed by atoms with van der Waals surface area (Å²) in [6.07, 6.45) is 0. The van der Waals surface area contributed by atoms with Gasteiger partial charge in [-0.25, -0.2) is 13.4 Å². The lowest BCUT2D eigenvalue weighted by molar-refractivity contribution is 0.311. The van der Waals surface area contributed by atoms with Gasteiger partial charge in [0.15, 0.2) is 21.3 Å². The fourth-order valence-electron chi connectivity index (χ4n) is 3.21. The quantitative estimate of drug-likeness (QED) is 0.437. The van der Waals surface area contributed by atoms with Crippen LogP contribution in [0, 0.1) is 0 Å². The van der Waals surface area contributed by atoms with Crippen molar-refractivity contribution in [1.29, 1.82) is 0 Å². The first kappa shape index (κ1) is 23.3. The molecule has 0 saturated carbocycles. The van der Waals surface area contributed by atoms with E-state index in [4.69, 9.17) is 9.47 Å². The minimum absolute atomic E-state index is 0.00115. The van der Waals surface area contributed by atoms with Crippen LogP contribution in [0.1, 0.15) is 44.5 Å². The summed E-state index contributed by atoms with van der Waals surface area (Å²) in [5.74, 6) is 1.22. The van der Waals surface area contributed by atoms with Crippen LogP contribution in [0.2, 0.25) is 0 Å². The first-order valence-corrected chi connectivity index (χ1v) is 12.9. The summed E-state index contributed by atoms with van der Waals surface area (Å²) in [7, 11) is -1.74. The van der Waals surface area contributed by atoms with Crippen LogP contribution >= 0.6 is 11.3 Å². The van der Waals surface area contributed by atoms with E-state index in [-0.39, 0.29) is 16.9 Å². The Morgan fingerprint density at radius 2 is 1.71 bits per heavy atom. The van der Waals surface area contributed by atoms with Gasteiger partial charge in [0.25, 0.3) is 0 Å². The van der Waals surface area contributed by atoms with Crippen LogP contribution in [0.25, 0.3) is 10.6 Å². The van der Waals surface area contributed by atoms with Crippen LogP contribution in [0.15, 0.2) is 47.8 Å². The maximum Gasteiger partial charge on any atom is 0.161 e. The van der Waals surface area contributed by atoms with Gasteiger partial charge in [-0.3, -0.25) is 0 Å². The molecule has 0 aliphatic rings. The molecule has 166 valence electrons. The Labute approximate surface area is 189 Å². The van der Waals surface area contributed by atoms with Crippen molar-refractivity contribution in [3.63, 3.8) is 0 Å². The summed E-state index contributed by atoms with van der Waals surface area (Å²) < 4.78 is 36.4. The number of benzene rings is 2. The zero-order chi connectivity index (χ0) is 22.6. The van der Waals surface area contributed by atoms with Crippen molar-refractivity contribution in [3.05, 3.63) is 64.7 Å². The lowest BCUT2D eigenvalue weighted by Crippen LogP contribution is -2.11. The minimum Gasteiger partial charge on any atom is -0.493 e. The average Bonchev–Trinajstić information content (AvgIpc) is 3.15. The molecule has 3 rings (SSSR count). The van der Waals surface area contributed by atoms with Crippen LogP contribution < -0.4 is 9.47 Å². The molecule has 0 unspecified atom stereocenters. The zero-order valence-corrected chi connectivity index (χ0v) is 20.3. The maximum absolute atomic E-state index is 12.7. The van der Waals surface area contributed by atoms with Gasteiger partial charge in [-0.1, -0.05) is 45.0 Å². The summed E-state index contributed by atoms with van der Waals surface area (Å²) in [6, 6.07) is 13.4. The second kappa shape index (κ2) is 9.40. The standard InChI is InChI=1S/C24H29NO4S2/c1-6-29-21-12-9-18(13-22(21)28-5)23-25-20(14-30-23)16-31(26,27)15-17-7-10-19(11-8-17)24(2,3)4/h7-14H,6,15-16H2,1-5H3. The SMILES string of the molecule is CCOc1ccc(-c2nc(CS(=O)(=O)Cc3ccc(C(C)(C)C)cc3)cs2)cc1OC. The first-order chi connectivity index (χ1) is 14.6. The number of sulfone groups is 1. The predicted molar refractivity (Wildman–Crippen MR) is 127 cm³/mol. The Bertz CT molecular complexity index is 1130. The van der Waals surface area contributed by atoms with Crippen LogP contribution in [0.5, 0.6) is 11.5 Å². The molecule has 7 heteroatoms. The summed E-state index contributed by atoms with van der Waals surface area (Å²) in [5.41, 5.74) is 3.44. The molecule has 0 aliphatic heterocycles. The largest absolute Gasteiger partial charge is 0.493 e. The maximum atomic E-state index is 12.7. The van der Waals surface area contributed by atoms with Crippen molar-refractivity contribution in [2.24, 2.45) is 0 Å². The van der Waals surface area contributed by atoms with E-state index in [0.29, 0.717) is 23.8 Å². The molecule has 0 radical (unpaired) electrons. The Hall–Kier alpha value is -2.38. The van der Waals surface area contributed by atoms with Crippen molar-refractivity contribution >= 4 is 21.2 Å². The molecule has 3 aromatic rings. The molecule has 0 aliphatic carbocycles. The lowest BCUT2D eigenvalue weighted by Gasteiger charge is -2.19. The van der Waals surface area contributed by atoms with Gasteiger partial charge in [0, 0.05) is 10.9 Å². The fourth-order valence-corrected chi connectivity index (χ4v) is 5.54. The highest BCUT2D eigenvalue weighted by molar-refractivity contribution is 7.89. The van der Waals surface area contributed by atoms with E-state index < -0.39 is 9.84 Å². The molecule has 1 heterocycles. The van der Waals surface area contributed by atoms with Gasteiger partial charge in [-0.05, 0) is 41.7 Å². The molecule has 1 aromatic heterocycles. The molecule has 31 heavy (non-hydrogen) atoms. The number of thiazole rings is 1. The molecule has 5 nitrogen and oxygen atoms in total. The van der Waals surface area contributed by atoms with Crippen LogP contribution in [0.3, 0.4) is 0 Å². The molecular formula is C24H29NO4S2. The molecule has 0 N–H and O–H groups in total. The third-order valence-corrected chi connectivity index (χ3v) is 7.29. The summed E-state index contributed by atoms with van der Waals surface area (Å²) >= 11 is 1.42. The highest BCUT2D eigenvalue weighted by atomic mass is 32.2. The van der Waals surface area contributed by atoms with E-state index in [1.165, 1.54) is 16.9 Å². The number of methoxy groups -OCH3 is 1. The molecule has 0 spiro atoms. The van der Waals surface area contributed by atoms with Crippen molar-refractivity contribution in [2.45, 2.75) is 44.6 Å². The number of ether oxygens (including phenoxy) is 2. The topological polar surface area (TPSA) is 65.5 Å². The summed E-state index contributed by atoms with van der Waals surface area (Å²) in [4.78, 5) is 4.55. The second-order valence-electron chi connectivity index (χ2n) is 8.42. The highest BCUT2D eigenvalue weighted by Crippen LogP contribution is 2.34. The van der Waals surface area contributed by atoms with Crippen molar-refractivity contribution in [1.82, 2.24) is 4.98 Å². The van der Waals surface area contributed by atoms with Gasteiger partial charge in [-0.15, -0.1) is 11.3 Å². The zero-order valence-electron chi connectivity index (χ0n) is 18.6. The van der Waals surface area contributed by atoms with Crippen molar-refractivity contribution in [3.8, 4) is 22.1 Å². The van der Waals surface area contributed by atoms with Gasteiger partial charge in [0.1, 0.15) is 5.01 Å². The molecule has 0 atom stereocenters. The minimum atomic E-state index is -3.33. The smallest absolute Gasteiger partial charge is 0.161 e. The molecule has 0 bridgehead atoms. The summed E-state index contributed by atoms with van der Waals surface area (Å²) in [5, 5.41) is 2.56. The summed E-state index contributed by atoms with van der Waals surface area (Å²) in [6.45, 7) is 8.88. The Balaban J connectivity index is 1.72. The molecule has 0 saturated heterocycles. The number of rotatable bonds is 8. The normalized spacial score (nSPS) is 12.0. The van der Waals surface area contributed by atoms with Crippen LogP contribution in [-0.2, 0) is 26.8 Å². The van der Waals surface area contributed by atoms with E-state index in [2.05, 4.69) is 25.8 Å². The van der Waals surface area contributed by atoms with Gasteiger partial charge in [0.2, 0.25) is 0 Å². The van der Waals surface area contributed by atoms with E-state index in [9.17, 15) is 8.42 Å². The molecule has 0 fully saturated rings. The fraction of sp³-hybridized carbons (Fsp3) is 0.375. The third-order valence-electron chi connectivity index (χ3n) is 4.84. The molecule has 0 amide bonds. The van der Waals surface area contributed by atoms with Gasteiger partial charge < -0.3 is 9.47 Å². The van der Waals surface area contributed by atoms with Crippen molar-refractivity contribution in [2.75, 3.05) is 13.7 Å². The number of hydrogen-bond donors (Lipinski definition) is 0. The first-order valence-electron chi connectivity index (χ1n) is 10.2. The Morgan fingerprint density at radius 3 is 2.32 bits per heavy atom. The lowest BCUT2D eigenvalue weighted by atomic mass is 9.87. The highest BCUT2D eigenvalue weighted by Gasteiger charge is 2.18. The average molecular weight is 460 g/mol. The van der Waals surface area contributed by atoms with E-state index in [1.54, 1.807) is 12.5 Å². The number of hydrogen-bond acceptors (Lipinski definition) is 6. The van der Waals surface area contributed by atoms with Crippen LogP contribution in [-0.4, -0.2) is 27.1 Å². The molecular weight excluding hydrogens is 430 g/mol. The third kappa shape index (κ3) is 6.08. The predicted octanol–water partition coefficient (Wildman–Crippen LogP) is 5.63. The van der Waals surface area contributed by atoms with Gasteiger partial charge in [-0.2, -0.15) is 0 Å². The van der Waals surface area contributed by atoms with E-state index in [1.807, 2.05) is 49.4 Å². The molecule has 2 aromatic carbocycles. The van der Waals surface area contributed by atoms with Gasteiger partial charge >= 0.3 is 0 Å². The number of nitrogens with zero attached hydrogens (tertiary/aromatic N) is 1. The van der Waals surface area contributed by atoms with E-state index in [0.717, 1.165) is 16.1 Å². The Morgan fingerprint density at radius 1 is 1.00 bits per heavy atom. The van der Waals surface area contributed by atoms with E-state index >= 15 is 0 Å². The monoisotopic (exact) mass is 459 g/mol. The van der Waals surface area contributed by atoms with Gasteiger partial charge in [0.05, 0.1) is 30.9 Å². The van der Waals surface area contributed by atoms with Crippen molar-refractivity contribution < 1.29 is 17.9 Å². The Kier molecular flexibility index (Phi) is 7.06.